The quantitative estimate of drug-likeness (QED) is 0.107. The molecule has 8 N–H and O–H groups in total. The number of rotatable bonds is 6. The maximum Gasteiger partial charge on any atom is 0.259 e. The fraction of sp³-hybridized carbons (Fsp3) is 0.217. The van der Waals surface area contributed by atoms with Gasteiger partial charge in [-0.2, -0.15) is 10.2 Å². The maximum atomic E-state index is 12.9. The lowest BCUT2D eigenvalue weighted by atomic mass is 10.1. The van der Waals surface area contributed by atoms with Crippen LogP contribution in [0.25, 0.3) is 16.6 Å². The number of aryl methyl sites for hydroxylation is 1. The first-order valence-corrected chi connectivity index (χ1v) is 10.7. The van der Waals surface area contributed by atoms with E-state index in [4.69, 9.17) is 17.0 Å². The van der Waals surface area contributed by atoms with E-state index in [0.717, 1.165) is 16.7 Å². The Bertz CT molecular complexity index is 1360. The minimum absolute atomic E-state index is 0.00278. The van der Waals surface area contributed by atoms with Gasteiger partial charge in [0.25, 0.3) is 11.8 Å². The molecule has 0 bridgehead atoms. The predicted molar refractivity (Wildman–Crippen MR) is 128 cm³/mol. The summed E-state index contributed by atoms with van der Waals surface area (Å²) in [5, 5.41) is 21.4. The number of alkyl halides is 2. The second-order valence-corrected chi connectivity index (χ2v) is 8.26. The fourth-order valence-electron chi connectivity index (χ4n) is 3.49. The van der Waals surface area contributed by atoms with Crippen molar-refractivity contribution in [3.8, 4) is 11.1 Å². The van der Waals surface area contributed by atoms with Gasteiger partial charge in [-0.05, 0) is 36.2 Å². The van der Waals surface area contributed by atoms with Gasteiger partial charge < -0.3 is 11.1 Å². The second-order valence-electron chi connectivity index (χ2n) is 8.26. The second kappa shape index (κ2) is 9.60. The Morgan fingerprint density at radius 1 is 1.29 bits per heavy atom. The lowest BCUT2D eigenvalue weighted by molar-refractivity contribution is 0.0985. The van der Waals surface area contributed by atoms with E-state index in [2.05, 4.69) is 26.0 Å². The van der Waals surface area contributed by atoms with Crippen LogP contribution in [0.1, 0.15) is 27.9 Å². The Balaban J connectivity index is 0.000000308. The number of nitrogens with one attached hydrogen (secondary N) is 4. The lowest BCUT2D eigenvalue weighted by Crippen LogP contribution is -2.25. The molecular formula is C23H25F2N9O. The fourth-order valence-corrected chi connectivity index (χ4v) is 3.49. The highest BCUT2D eigenvalue weighted by atomic mass is 19.3. The van der Waals surface area contributed by atoms with Crippen molar-refractivity contribution >= 4 is 22.9 Å². The van der Waals surface area contributed by atoms with Crippen molar-refractivity contribution in [3.63, 3.8) is 0 Å². The lowest BCUT2D eigenvalue weighted by Gasteiger charge is -2.10. The summed E-state index contributed by atoms with van der Waals surface area (Å²) < 4.78 is 25.4. The standard InChI is InChI=1S/C19H17N7O.C4H8F2N2/c1-11-2-3-13(18(20)21)6-16(11)25-19(27)15-10-24-26-5-4-12(7-17(15)26)14-8-22-23-9-14;5-4(6)1-3(4)2-8-7/h2-10H,1H3,(H3,20,21)(H,22,23)(H,25,27);3,8H,1-2,7H2. The highest BCUT2D eigenvalue weighted by molar-refractivity contribution is 6.10. The molecule has 182 valence electrons. The summed E-state index contributed by atoms with van der Waals surface area (Å²) in [5.74, 6) is 1.55. The van der Waals surface area contributed by atoms with Crippen molar-refractivity contribution in [3.05, 3.63) is 71.8 Å². The van der Waals surface area contributed by atoms with E-state index in [1.165, 1.54) is 6.20 Å². The van der Waals surface area contributed by atoms with E-state index >= 15 is 0 Å². The minimum atomic E-state index is -2.42. The molecule has 5 rings (SSSR count). The number of benzene rings is 1. The summed E-state index contributed by atoms with van der Waals surface area (Å²) in [5.41, 5.74) is 12.8. The van der Waals surface area contributed by atoms with Gasteiger partial charge in [0, 0.05) is 48.1 Å². The van der Waals surface area contributed by atoms with Crippen molar-refractivity contribution in [2.24, 2.45) is 17.5 Å². The van der Waals surface area contributed by atoms with Gasteiger partial charge in [0.2, 0.25) is 0 Å². The molecule has 0 aliphatic heterocycles. The summed E-state index contributed by atoms with van der Waals surface area (Å²) in [4.78, 5) is 12.9. The molecule has 35 heavy (non-hydrogen) atoms. The summed E-state index contributed by atoms with van der Waals surface area (Å²) in [6.07, 6.45) is 6.85. The number of aromatic amines is 1. The molecule has 1 aliphatic rings. The molecule has 1 saturated carbocycles. The number of nitrogen functional groups attached to an aromatic ring is 1. The van der Waals surface area contributed by atoms with Gasteiger partial charge in [0.15, 0.2) is 0 Å². The molecule has 1 aromatic carbocycles. The summed E-state index contributed by atoms with van der Waals surface area (Å²) in [6.45, 7) is 2.11. The zero-order valence-corrected chi connectivity index (χ0v) is 18.8. The molecule has 1 amide bonds. The first-order chi connectivity index (χ1) is 16.7. The van der Waals surface area contributed by atoms with Gasteiger partial charge in [0.05, 0.1) is 23.5 Å². The molecule has 1 aliphatic carbocycles. The number of hydrazine groups is 1. The number of hydrogen-bond donors (Lipinski definition) is 6. The monoisotopic (exact) mass is 481 g/mol. The number of pyridine rings is 1. The number of H-pyrrole nitrogens is 1. The third-order valence-corrected chi connectivity index (χ3v) is 5.71. The number of hydrogen-bond acceptors (Lipinski definition) is 6. The first kappa shape index (κ1) is 24.0. The topological polar surface area (TPSA) is 163 Å². The number of amides is 1. The first-order valence-electron chi connectivity index (χ1n) is 10.7. The number of anilines is 1. The zero-order valence-electron chi connectivity index (χ0n) is 18.8. The number of nitrogens with zero attached hydrogens (tertiary/aromatic N) is 3. The maximum absolute atomic E-state index is 12.9. The van der Waals surface area contributed by atoms with E-state index in [9.17, 15) is 13.6 Å². The van der Waals surface area contributed by atoms with E-state index < -0.39 is 11.8 Å². The van der Waals surface area contributed by atoms with Crippen LogP contribution in [0.2, 0.25) is 0 Å². The number of halogens is 2. The van der Waals surface area contributed by atoms with Crippen molar-refractivity contribution in [2.75, 3.05) is 11.9 Å². The minimum Gasteiger partial charge on any atom is -0.384 e. The van der Waals surface area contributed by atoms with Crippen LogP contribution < -0.4 is 22.3 Å². The number of nitrogens with two attached hydrogens (primary N) is 2. The van der Waals surface area contributed by atoms with Gasteiger partial charge in [-0.25, -0.2) is 13.3 Å². The Kier molecular flexibility index (Phi) is 6.58. The van der Waals surface area contributed by atoms with Crippen LogP contribution in [0.5, 0.6) is 0 Å². The van der Waals surface area contributed by atoms with Crippen molar-refractivity contribution in [1.29, 1.82) is 5.41 Å². The average Bonchev–Trinajstić information content (AvgIpc) is 3.25. The number of carbonyl (C=O) groups is 1. The van der Waals surface area contributed by atoms with Crippen molar-refractivity contribution in [2.45, 2.75) is 19.3 Å². The molecule has 3 aromatic heterocycles. The SMILES string of the molecule is Cc1ccc(C(=N)N)cc1NC(=O)c1cnn2ccc(-c3cn[nH]c3)cc12.NNCC1CC1(F)F. The highest BCUT2D eigenvalue weighted by Crippen LogP contribution is 2.47. The summed E-state index contributed by atoms with van der Waals surface area (Å²) in [6, 6.07) is 9.07. The molecule has 12 heteroatoms. The summed E-state index contributed by atoms with van der Waals surface area (Å²) >= 11 is 0. The van der Waals surface area contributed by atoms with Gasteiger partial charge in [-0.3, -0.25) is 26.6 Å². The van der Waals surface area contributed by atoms with Crippen LogP contribution in [0.4, 0.5) is 14.5 Å². The van der Waals surface area contributed by atoms with E-state index in [1.807, 2.05) is 25.1 Å². The molecule has 1 atom stereocenters. The van der Waals surface area contributed by atoms with Crippen LogP contribution in [0.15, 0.2) is 55.1 Å². The van der Waals surface area contributed by atoms with Crippen molar-refractivity contribution in [1.82, 2.24) is 25.2 Å². The van der Waals surface area contributed by atoms with E-state index in [-0.39, 0.29) is 24.7 Å². The Morgan fingerprint density at radius 2 is 2.06 bits per heavy atom. The molecule has 3 heterocycles. The molecule has 0 saturated heterocycles. The van der Waals surface area contributed by atoms with Gasteiger partial charge >= 0.3 is 0 Å². The molecule has 1 unspecified atom stereocenters. The number of fused-ring (bicyclic) bond motifs is 1. The van der Waals surface area contributed by atoms with Gasteiger partial charge in [-0.15, -0.1) is 0 Å². The number of carbonyl (C=O) groups excluding carboxylic acids is 1. The molecule has 4 aromatic rings. The molecule has 0 spiro atoms. The van der Waals surface area contributed by atoms with Gasteiger partial charge in [0.1, 0.15) is 5.84 Å². The van der Waals surface area contributed by atoms with Crippen LogP contribution in [-0.2, 0) is 0 Å². The predicted octanol–water partition coefficient (Wildman–Crippen LogP) is 2.67. The van der Waals surface area contributed by atoms with Crippen molar-refractivity contribution < 1.29 is 13.6 Å². The molecular weight excluding hydrogens is 456 g/mol. The van der Waals surface area contributed by atoms with E-state index in [0.29, 0.717) is 22.3 Å². The molecule has 0 radical (unpaired) electrons. The number of aromatic nitrogens is 4. The van der Waals surface area contributed by atoms with Crippen LogP contribution in [0, 0.1) is 18.3 Å². The summed E-state index contributed by atoms with van der Waals surface area (Å²) in [7, 11) is 0. The average molecular weight is 482 g/mol. The van der Waals surface area contributed by atoms with E-state index in [1.54, 1.807) is 35.2 Å². The Morgan fingerprint density at radius 3 is 2.66 bits per heavy atom. The third kappa shape index (κ3) is 5.34. The Labute approximate surface area is 199 Å². The smallest absolute Gasteiger partial charge is 0.259 e. The number of amidine groups is 1. The van der Waals surface area contributed by atoms with Crippen LogP contribution >= 0.6 is 0 Å². The third-order valence-electron chi connectivity index (χ3n) is 5.71. The molecule has 10 nitrogen and oxygen atoms in total. The largest absolute Gasteiger partial charge is 0.384 e. The zero-order chi connectivity index (χ0) is 25.2. The highest BCUT2D eigenvalue weighted by Gasteiger charge is 2.56. The van der Waals surface area contributed by atoms with Crippen LogP contribution in [-0.4, -0.2) is 44.0 Å². The molecule has 1 fully saturated rings. The van der Waals surface area contributed by atoms with Crippen LogP contribution in [0.3, 0.4) is 0 Å². The Hall–Kier alpha value is -4.16. The normalized spacial score (nSPS) is 15.8. The van der Waals surface area contributed by atoms with Gasteiger partial charge in [-0.1, -0.05) is 12.1 Å².